The maximum atomic E-state index is 12.6. The standard InChI is InChI=1S/C42H76NO9P/c1-3-5-7-9-11-13-15-17-19-20-21-23-25-27-29-31-33-35-49-36-39(37-50-53(47,48)51-38-40(43)42(45)46)52-41(44)34-32-30-28-26-24-22-18-16-14-12-10-8-6-4-2/h10,12-13,15-16,18-20,39-40H,3-9,11,14,17,21-38,43H2,1-2H3,(H,45,46)(H,47,48)/b12-10-,15-13-,18-16-,20-19-. The van der Waals surface area contributed by atoms with Crippen molar-refractivity contribution in [3.63, 3.8) is 0 Å². The average Bonchev–Trinajstić information content (AvgIpc) is 3.13. The highest BCUT2D eigenvalue weighted by atomic mass is 31.2. The second kappa shape index (κ2) is 38.2. The molecular weight excluding hydrogens is 693 g/mol. The Kier molecular flexibility index (Phi) is 36.7. The zero-order valence-corrected chi connectivity index (χ0v) is 34.2. The fourth-order valence-electron chi connectivity index (χ4n) is 5.30. The molecule has 0 rings (SSSR count). The van der Waals surface area contributed by atoms with Crippen molar-refractivity contribution < 1.29 is 42.7 Å². The fraction of sp³-hybridized carbons (Fsp3) is 0.762. The Balaban J connectivity index is 4.31. The molecule has 0 aromatic rings. The average molecular weight is 770 g/mol. The lowest BCUT2D eigenvalue weighted by atomic mass is 10.1. The highest BCUT2D eigenvalue weighted by Gasteiger charge is 2.27. The molecule has 0 bridgehead atoms. The largest absolute Gasteiger partial charge is 0.480 e. The summed E-state index contributed by atoms with van der Waals surface area (Å²) < 4.78 is 33.3. The Hall–Kier alpha value is -2.07. The summed E-state index contributed by atoms with van der Waals surface area (Å²) in [6.45, 7) is 3.77. The maximum absolute atomic E-state index is 12.6. The maximum Gasteiger partial charge on any atom is 0.472 e. The molecule has 308 valence electrons. The van der Waals surface area contributed by atoms with Gasteiger partial charge in [0.25, 0.3) is 0 Å². The minimum absolute atomic E-state index is 0.00279. The fourth-order valence-corrected chi connectivity index (χ4v) is 6.07. The molecule has 0 heterocycles. The molecule has 0 amide bonds. The van der Waals surface area contributed by atoms with Crippen LogP contribution in [0, 0.1) is 0 Å². The van der Waals surface area contributed by atoms with Crippen LogP contribution in [0.4, 0.5) is 0 Å². The van der Waals surface area contributed by atoms with Crippen molar-refractivity contribution in [2.75, 3.05) is 26.4 Å². The van der Waals surface area contributed by atoms with Crippen molar-refractivity contribution in [2.24, 2.45) is 5.73 Å². The van der Waals surface area contributed by atoms with Gasteiger partial charge in [-0.1, -0.05) is 140 Å². The lowest BCUT2D eigenvalue weighted by molar-refractivity contribution is -0.154. The lowest BCUT2D eigenvalue weighted by Gasteiger charge is -2.20. The summed E-state index contributed by atoms with van der Waals surface area (Å²) in [6.07, 6.45) is 43.0. The van der Waals surface area contributed by atoms with Crippen LogP contribution in [-0.2, 0) is 32.7 Å². The number of aliphatic carboxylic acids is 1. The number of phosphoric acid groups is 1. The number of allylic oxidation sites excluding steroid dienone is 8. The first kappa shape index (κ1) is 50.9. The van der Waals surface area contributed by atoms with Gasteiger partial charge in [0, 0.05) is 13.0 Å². The van der Waals surface area contributed by atoms with E-state index in [1.807, 2.05) is 0 Å². The Morgan fingerprint density at radius 1 is 0.604 bits per heavy atom. The van der Waals surface area contributed by atoms with Gasteiger partial charge in [0.15, 0.2) is 0 Å². The summed E-state index contributed by atoms with van der Waals surface area (Å²) in [7, 11) is -4.62. The van der Waals surface area contributed by atoms with Crippen LogP contribution in [0.25, 0.3) is 0 Å². The number of carboxylic acid groups (broad SMARTS) is 1. The van der Waals surface area contributed by atoms with Gasteiger partial charge in [-0.2, -0.15) is 0 Å². The molecule has 10 nitrogen and oxygen atoms in total. The molecule has 3 unspecified atom stereocenters. The molecule has 53 heavy (non-hydrogen) atoms. The number of ether oxygens (including phenoxy) is 2. The molecular formula is C42H76NO9P. The van der Waals surface area contributed by atoms with E-state index >= 15 is 0 Å². The Bertz CT molecular complexity index is 1030. The second-order valence-electron chi connectivity index (χ2n) is 13.8. The molecule has 11 heteroatoms. The number of carboxylic acids is 1. The van der Waals surface area contributed by atoms with Crippen LogP contribution in [0.3, 0.4) is 0 Å². The van der Waals surface area contributed by atoms with Gasteiger partial charge in [0.1, 0.15) is 12.1 Å². The molecule has 3 atom stereocenters. The summed E-state index contributed by atoms with van der Waals surface area (Å²) in [5.41, 5.74) is 5.34. The second-order valence-corrected chi connectivity index (χ2v) is 15.2. The van der Waals surface area contributed by atoms with Gasteiger partial charge in [0.2, 0.25) is 0 Å². The van der Waals surface area contributed by atoms with Crippen molar-refractivity contribution in [1.29, 1.82) is 0 Å². The number of phosphoric ester groups is 1. The molecule has 0 aliphatic carbocycles. The third-order valence-electron chi connectivity index (χ3n) is 8.58. The van der Waals surface area contributed by atoms with E-state index in [0.717, 1.165) is 77.0 Å². The van der Waals surface area contributed by atoms with E-state index in [4.69, 9.17) is 29.4 Å². The van der Waals surface area contributed by atoms with Crippen molar-refractivity contribution in [3.05, 3.63) is 48.6 Å². The van der Waals surface area contributed by atoms with E-state index in [-0.39, 0.29) is 13.0 Å². The number of hydrogen-bond donors (Lipinski definition) is 3. The Labute approximate surface area is 322 Å². The van der Waals surface area contributed by atoms with Crippen LogP contribution < -0.4 is 5.73 Å². The zero-order valence-electron chi connectivity index (χ0n) is 33.3. The smallest absolute Gasteiger partial charge is 0.472 e. The molecule has 0 saturated carbocycles. The van der Waals surface area contributed by atoms with E-state index in [2.05, 4.69) is 62.5 Å². The number of rotatable bonds is 39. The van der Waals surface area contributed by atoms with Gasteiger partial charge in [-0.25, -0.2) is 4.57 Å². The quantitative estimate of drug-likeness (QED) is 0.0238. The molecule has 0 fully saturated rings. The first-order valence-corrected chi connectivity index (χ1v) is 22.2. The van der Waals surface area contributed by atoms with Crippen molar-refractivity contribution in [1.82, 2.24) is 0 Å². The van der Waals surface area contributed by atoms with E-state index in [1.165, 1.54) is 64.2 Å². The van der Waals surface area contributed by atoms with Crippen LogP contribution in [0.2, 0.25) is 0 Å². The summed E-state index contributed by atoms with van der Waals surface area (Å²) >= 11 is 0. The van der Waals surface area contributed by atoms with E-state index in [0.29, 0.717) is 13.0 Å². The minimum Gasteiger partial charge on any atom is -0.480 e. The number of unbranched alkanes of at least 4 members (excludes halogenated alkanes) is 17. The summed E-state index contributed by atoms with van der Waals surface area (Å²) in [5.74, 6) is -1.80. The van der Waals surface area contributed by atoms with Gasteiger partial charge in [0.05, 0.1) is 19.8 Å². The summed E-state index contributed by atoms with van der Waals surface area (Å²) in [6, 6.07) is -1.48. The molecule has 0 spiro atoms. The molecule has 0 radical (unpaired) electrons. The molecule has 4 N–H and O–H groups in total. The molecule has 0 aromatic carbocycles. The van der Waals surface area contributed by atoms with Crippen LogP contribution >= 0.6 is 7.82 Å². The first-order chi connectivity index (χ1) is 25.7. The Morgan fingerprint density at radius 3 is 1.58 bits per heavy atom. The lowest BCUT2D eigenvalue weighted by Crippen LogP contribution is -2.34. The number of nitrogens with two attached hydrogens (primary N) is 1. The summed E-state index contributed by atoms with van der Waals surface area (Å²) in [4.78, 5) is 33.5. The number of carbonyl (C=O) groups is 2. The van der Waals surface area contributed by atoms with Gasteiger partial charge < -0.3 is 25.2 Å². The summed E-state index contributed by atoms with van der Waals surface area (Å²) in [5, 5.41) is 8.88. The minimum atomic E-state index is -4.62. The van der Waals surface area contributed by atoms with Gasteiger partial charge >= 0.3 is 19.8 Å². The van der Waals surface area contributed by atoms with Crippen molar-refractivity contribution >= 4 is 19.8 Å². The van der Waals surface area contributed by atoms with Crippen LogP contribution in [-0.4, -0.2) is 60.5 Å². The number of hydrogen-bond acceptors (Lipinski definition) is 8. The van der Waals surface area contributed by atoms with Gasteiger partial charge in [-0.15, -0.1) is 0 Å². The molecule has 0 aliphatic heterocycles. The van der Waals surface area contributed by atoms with Gasteiger partial charge in [-0.3, -0.25) is 18.6 Å². The van der Waals surface area contributed by atoms with E-state index in [1.54, 1.807) is 0 Å². The van der Waals surface area contributed by atoms with E-state index < -0.39 is 45.1 Å². The molecule has 0 saturated heterocycles. The predicted octanol–water partition coefficient (Wildman–Crippen LogP) is 11.1. The molecule has 0 aromatic heterocycles. The van der Waals surface area contributed by atoms with E-state index in [9.17, 15) is 19.0 Å². The van der Waals surface area contributed by atoms with Gasteiger partial charge in [-0.05, 0) is 70.6 Å². The normalized spacial score (nSPS) is 14.5. The predicted molar refractivity (Wildman–Crippen MR) is 217 cm³/mol. The third-order valence-corrected chi connectivity index (χ3v) is 9.53. The topological polar surface area (TPSA) is 155 Å². The van der Waals surface area contributed by atoms with Crippen molar-refractivity contribution in [3.8, 4) is 0 Å². The highest BCUT2D eigenvalue weighted by Crippen LogP contribution is 2.43. The SMILES string of the molecule is CCCC/C=C\C/C=C\CCCCCCCC(=O)OC(COCCCCCCCC/C=C\C/C=C\CCCCCC)COP(=O)(O)OCC(N)C(=O)O. The Morgan fingerprint density at radius 2 is 1.06 bits per heavy atom. The number of esters is 1. The van der Waals surface area contributed by atoms with Crippen LogP contribution in [0.5, 0.6) is 0 Å². The zero-order chi connectivity index (χ0) is 39.1. The van der Waals surface area contributed by atoms with Crippen molar-refractivity contribution in [2.45, 2.75) is 180 Å². The highest BCUT2D eigenvalue weighted by molar-refractivity contribution is 7.47. The third kappa shape index (κ3) is 38.0. The molecule has 0 aliphatic rings. The monoisotopic (exact) mass is 770 g/mol. The number of carbonyl (C=O) groups excluding carboxylic acids is 1. The first-order valence-electron chi connectivity index (χ1n) is 20.7. The van der Waals surface area contributed by atoms with Crippen LogP contribution in [0.15, 0.2) is 48.6 Å². The van der Waals surface area contributed by atoms with Crippen LogP contribution in [0.1, 0.15) is 168 Å².